The number of likely N-dealkylation sites (N-methyl/N-ethyl adjacent to an activating group) is 1. The smallest absolute Gasteiger partial charge is 0.242 e. The number of halogens is 2. The van der Waals surface area contributed by atoms with E-state index in [1.807, 2.05) is 36.4 Å². The zero-order chi connectivity index (χ0) is 28.6. The summed E-state index contributed by atoms with van der Waals surface area (Å²) in [5, 5.41) is 3.63. The number of aryl methyl sites for hydroxylation is 1. The van der Waals surface area contributed by atoms with Crippen molar-refractivity contribution in [3.8, 4) is 0 Å². The highest BCUT2D eigenvalue weighted by atomic mass is 35.5. The van der Waals surface area contributed by atoms with Gasteiger partial charge in [-0.1, -0.05) is 71.7 Å². The minimum absolute atomic E-state index is 0.0362. The molecule has 2 amide bonds. The van der Waals surface area contributed by atoms with Crippen LogP contribution in [0.1, 0.15) is 29.5 Å². The van der Waals surface area contributed by atoms with Crippen molar-refractivity contribution in [2.75, 3.05) is 24.2 Å². The Kier molecular flexibility index (Phi) is 10.8. The summed E-state index contributed by atoms with van der Waals surface area (Å²) in [5.41, 5.74) is 2.92. The van der Waals surface area contributed by atoms with Gasteiger partial charge in [0.1, 0.15) is 6.04 Å². The Morgan fingerprint density at radius 1 is 0.923 bits per heavy atom. The number of nitrogens with one attached hydrogen (secondary N) is 1. The highest BCUT2D eigenvalue weighted by molar-refractivity contribution is 7.92. The largest absolute Gasteiger partial charge is 0.357 e. The van der Waals surface area contributed by atoms with E-state index in [1.54, 1.807) is 55.3 Å². The van der Waals surface area contributed by atoms with Crippen molar-refractivity contribution in [3.63, 3.8) is 0 Å². The van der Waals surface area contributed by atoms with Gasteiger partial charge in [0.25, 0.3) is 0 Å². The van der Waals surface area contributed by atoms with Crippen LogP contribution in [0.4, 0.5) is 5.69 Å². The van der Waals surface area contributed by atoms with Crippen LogP contribution >= 0.6 is 23.2 Å². The number of carbonyl (C=O) groups is 2. The van der Waals surface area contributed by atoms with Crippen LogP contribution in [0.3, 0.4) is 0 Å². The fourth-order valence-electron chi connectivity index (χ4n) is 4.39. The van der Waals surface area contributed by atoms with Gasteiger partial charge in [0.05, 0.1) is 11.9 Å². The van der Waals surface area contributed by atoms with Gasteiger partial charge < -0.3 is 10.2 Å². The first-order valence-corrected chi connectivity index (χ1v) is 15.1. The molecule has 0 saturated heterocycles. The summed E-state index contributed by atoms with van der Waals surface area (Å²) in [6.45, 7) is 2.06. The SMILES string of the molecule is CNC(=O)[C@@H](Cc1ccccc1)N(Cc1cccc(Cl)c1)C(=O)CCCN(c1cc(Cl)ccc1C)S(C)(=O)=O. The molecule has 0 fully saturated rings. The van der Waals surface area contributed by atoms with Crippen molar-refractivity contribution in [2.24, 2.45) is 0 Å². The predicted octanol–water partition coefficient (Wildman–Crippen LogP) is 5.23. The quantitative estimate of drug-likeness (QED) is 0.313. The molecule has 1 N–H and O–H groups in total. The van der Waals surface area contributed by atoms with E-state index in [0.29, 0.717) is 22.2 Å². The summed E-state index contributed by atoms with van der Waals surface area (Å²) in [6.07, 6.45) is 1.73. The summed E-state index contributed by atoms with van der Waals surface area (Å²) < 4.78 is 26.5. The van der Waals surface area contributed by atoms with E-state index in [4.69, 9.17) is 23.2 Å². The molecular formula is C29H33Cl2N3O4S. The van der Waals surface area contributed by atoms with Crippen molar-refractivity contribution < 1.29 is 18.0 Å². The van der Waals surface area contributed by atoms with Gasteiger partial charge in [-0.3, -0.25) is 13.9 Å². The molecule has 0 unspecified atom stereocenters. The molecule has 0 bridgehead atoms. The van der Waals surface area contributed by atoms with E-state index < -0.39 is 16.1 Å². The standard InChI is InChI=1S/C29H33Cl2N3O4S/c1-21-14-15-25(31)19-26(21)34(39(3,37)38)16-8-13-28(35)33(20-23-11-7-12-24(30)17-23)27(29(36)32-2)18-22-9-5-4-6-10-22/h4-7,9-12,14-15,17,19,27H,8,13,16,18,20H2,1-3H3,(H,32,36)/t27-/m1/s1. The maximum atomic E-state index is 13.7. The summed E-state index contributed by atoms with van der Waals surface area (Å²) in [5.74, 6) is -0.558. The van der Waals surface area contributed by atoms with Crippen LogP contribution in [0.5, 0.6) is 0 Å². The maximum absolute atomic E-state index is 13.7. The normalized spacial score (nSPS) is 12.0. The van der Waals surface area contributed by atoms with Crippen LogP contribution in [0.25, 0.3) is 0 Å². The lowest BCUT2D eigenvalue weighted by molar-refractivity contribution is -0.141. The summed E-state index contributed by atoms with van der Waals surface area (Å²) >= 11 is 12.3. The maximum Gasteiger partial charge on any atom is 0.242 e. The van der Waals surface area contributed by atoms with E-state index in [-0.39, 0.29) is 37.7 Å². The number of benzene rings is 3. The summed E-state index contributed by atoms with van der Waals surface area (Å²) in [4.78, 5) is 28.3. The van der Waals surface area contributed by atoms with Crippen molar-refractivity contribution in [2.45, 2.75) is 38.8 Å². The lowest BCUT2D eigenvalue weighted by Crippen LogP contribution is -2.49. The van der Waals surface area contributed by atoms with Gasteiger partial charge in [-0.2, -0.15) is 0 Å². The second-order valence-electron chi connectivity index (χ2n) is 9.34. The molecule has 1 atom stereocenters. The zero-order valence-electron chi connectivity index (χ0n) is 22.2. The van der Waals surface area contributed by atoms with Gasteiger partial charge in [-0.05, 0) is 54.3 Å². The van der Waals surface area contributed by atoms with Crippen LogP contribution in [0, 0.1) is 6.92 Å². The van der Waals surface area contributed by atoms with Crippen molar-refractivity contribution in [1.82, 2.24) is 10.2 Å². The van der Waals surface area contributed by atoms with Gasteiger partial charge in [0, 0.05) is 43.0 Å². The molecular weight excluding hydrogens is 557 g/mol. The average Bonchev–Trinajstić information content (AvgIpc) is 2.89. The van der Waals surface area contributed by atoms with Crippen LogP contribution < -0.4 is 9.62 Å². The van der Waals surface area contributed by atoms with Crippen molar-refractivity contribution in [1.29, 1.82) is 0 Å². The van der Waals surface area contributed by atoms with Gasteiger partial charge in [0.2, 0.25) is 21.8 Å². The molecule has 208 valence electrons. The number of anilines is 1. The van der Waals surface area contributed by atoms with Gasteiger partial charge >= 0.3 is 0 Å². The zero-order valence-corrected chi connectivity index (χ0v) is 24.6. The number of hydrogen-bond acceptors (Lipinski definition) is 4. The highest BCUT2D eigenvalue weighted by Crippen LogP contribution is 2.27. The Morgan fingerprint density at radius 2 is 1.59 bits per heavy atom. The first-order chi connectivity index (χ1) is 18.5. The van der Waals surface area contributed by atoms with Crippen molar-refractivity contribution in [3.05, 3.63) is 99.5 Å². The van der Waals surface area contributed by atoms with E-state index in [1.165, 1.54) is 4.31 Å². The molecule has 3 rings (SSSR count). The second-order valence-corrected chi connectivity index (χ2v) is 12.1. The third-order valence-corrected chi connectivity index (χ3v) is 8.00. The minimum Gasteiger partial charge on any atom is -0.357 e. The first-order valence-electron chi connectivity index (χ1n) is 12.5. The molecule has 0 spiro atoms. The predicted molar refractivity (Wildman–Crippen MR) is 158 cm³/mol. The van der Waals surface area contributed by atoms with Gasteiger partial charge in [0.15, 0.2) is 0 Å². The van der Waals surface area contributed by atoms with Crippen LogP contribution in [0.15, 0.2) is 72.8 Å². The van der Waals surface area contributed by atoms with Gasteiger partial charge in [-0.25, -0.2) is 8.42 Å². The molecule has 3 aromatic carbocycles. The lowest BCUT2D eigenvalue weighted by Gasteiger charge is -2.31. The number of carbonyl (C=O) groups excluding carboxylic acids is 2. The van der Waals surface area contributed by atoms with E-state index in [9.17, 15) is 18.0 Å². The van der Waals surface area contributed by atoms with Crippen molar-refractivity contribution >= 4 is 50.7 Å². The molecule has 7 nitrogen and oxygen atoms in total. The van der Waals surface area contributed by atoms with Gasteiger partial charge in [-0.15, -0.1) is 0 Å². The van der Waals surface area contributed by atoms with Crippen LogP contribution in [0.2, 0.25) is 10.0 Å². The summed E-state index contributed by atoms with van der Waals surface area (Å²) in [7, 11) is -2.09. The molecule has 10 heteroatoms. The van der Waals surface area contributed by atoms with E-state index in [0.717, 1.165) is 22.9 Å². The number of hydrogen-bond donors (Lipinski definition) is 1. The molecule has 0 aliphatic carbocycles. The Balaban J connectivity index is 1.86. The number of sulfonamides is 1. The monoisotopic (exact) mass is 589 g/mol. The lowest BCUT2D eigenvalue weighted by atomic mass is 10.0. The topological polar surface area (TPSA) is 86.8 Å². The third-order valence-electron chi connectivity index (χ3n) is 6.35. The molecule has 0 aliphatic rings. The second kappa shape index (κ2) is 13.8. The number of nitrogens with zero attached hydrogens (tertiary/aromatic N) is 2. The fraction of sp³-hybridized carbons (Fsp3) is 0.310. The Hall–Kier alpha value is -3.07. The third kappa shape index (κ3) is 8.71. The Morgan fingerprint density at radius 3 is 2.23 bits per heavy atom. The highest BCUT2D eigenvalue weighted by Gasteiger charge is 2.30. The van der Waals surface area contributed by atoms with Crippen LogP contribution in [-0.2, 0) is 32.6 Å². The number of rotatable bonds is 12. The summed E-state index contributed by atoms with van der Waals surface area (Å²) in [6, 6.07) is 20.9. The molecule has 0 heterocycles. The first kappa shape index (κ1) is 30.5. The van der Waals surface area contributed by atoms with E-state index >= 15 is 0 Å². The Labute approximate surface area is 240 Å². The van der Waals surface area contributed by atoms with Crippen LogP contribution in [-0.4, -0.2) is 51.0 Å². The average molecular weight is 591 g/mol. The molecule has 3 aromatic rings. The Bertz CT molecular complexity index is 1400. The minimum atomic E-state index is -3.63. The molecule has 0 radical (unpaired) electrons. The molecule has 0 aliphatic heterocycles. The van der Waals surface area contributed by atoms with E-state index in [2.05, 4.69) is 5.32 Å². The molecule has 39 heavy (non-hydrogen) atoms. The number of amides is 2. The molecule has 0 saturated carbocycles. The fourth-order valence-corrected chi connectivity index (χ4v) is 5.78. The molecule has 0 aromatic heterocycles.